The summed E-state index contributed by atoms with van der Waals surface area (Å²) in [5, 5.41) is 0.466. The molecule has 1 aliphatic rings. The van der Waals surface area contributed by atoms with E-state index in [-0.39, 0.29) is 6.10 Å². The SMILES string of the molecule is Cc1ccc(C)c(S(=O)(=O)N2CCC(Oc3ncccc3Cl)CC2)c1. The standard InChI is InChI=1S/C18H21ClN2O3S/c1-13-5-6-14(2)17(12-13)25(22,23)21-10-7-15(8-11-21)24-18-16(19)4-3-9-20-18/h3-6,9,12,15H,7-8,10-11H2,1-2H3. The van der Waals surface area contributed by atoms with Crippen LogP contribution >= 0.6 is 11.6 Å². The van der Waals surface area contributed by atoms with Gasteiger partial charge in [-0.15, -0.1) is 0 Å². The van der Waals surface area contributed by atoms with E-state index >= 15 is 0 Å². The fraction of sp³-hybridized carbons (Fsp3) is 0.389. The zero-order valence-corrected chi connectivity index (χ0v) is 15.8. The minimum Gasteiger partial charge on any atom is -0.473 e. The Kier molecular flexibility index (Phi) is 5.32. The molecule has 1 aromatic carbocycles. The second-order valence-electron chi connectivity index (χ2n) is 6.28. The first kappa shape index (κ1) is 18.2. The number of nitrogens with zero attached hydrogens (tertiary/aromatic N) is 2. The predicted octanol–water partition coefficient (Wildman–Crippen LogP) is 3.58. The second kappa shape index (κ2) is 7.32. The smallest absolute Gasteiger partial charge is 0.243 e. The first-order chi connectivity index (χ1) is 11.9. The lowest BCUT2D eigenvalue weighted by Crippen LogP contribution is -2.42. The van der Waals surface area contributed by atoms with Gasteiger partial charge in [-0.3, -0.25) is 0 Å². The second-order valence-corrected chi connectivity index (χ2v) is 8.59. The zero-order valence-electron chi connectivity index (χ0n) is 14.3. The van der Waals surface area contributed by atoms with Crippen LogP contribution in [0.1, 0.15) is 24.0 Å². The largest absolute Gasteiger partial charge is 0.473 e. The highest BCUT2D eigenvalue weighted by Gasteiger charge is 2.31. The Bertz CT molecular complexity index is 862. The molecule has 25 heavy (non-hydrogen) atoms. The van der Waals surface area contributed by atoms with Crippen LogP contribution < -0.4 is 4.74 Å². The van der Waals surface area contributed by atoms with E-state index < -0.39 is 10.0 Å². The van der Waals surface area contributed by atoms with E-state index in [1.54, 1.807) is 24.4 Å². The molecule has 0 N–H and O–H groups in total. The first-order valence-corrected chi connectivity index (χ1v) is 10.0. The van der Waals surface area contributed by atoms with Gasteiger partial charge in [-0.2, -0.15) is 4.31 Å². The van der Waals surface area contributed by atoms with E-state index in [0.717, 1.165) is 11.1 Å². The molecule has 0 aliphatic carbocycles. The molecule has 0 amide bonds. The quantitative estimate of drug-likeness (QED) is 0.813. The van der Waals surface area contributed by atoms with Crippen molar-refractivity contribution in [2.24, 2.45) is 0 Å². The third-order valence-electron chi connectivity index (χ3n) is 4.37. The molecule has 0 saturated carbocycles. The summed E-state index contributed by atoms with van der Waals surface area (Å²) >= 11 is 6.06. The van der Waals surface area contributed by atoms with Crippen LogP contribution in [0, 0.1) is 13.8 Å². The number of halogens is 1. The molecule has 0 bridgehead atoms. The van der Waals surface area contributed by atoms with Gasteiger partial charge >= 0.3 is 0 Å². The molecule has 1 fully saturated rings. The van der Waals surface area contributed by atoms with Crippen LogP contribution in [-0.4, -0.2) is 36.9 Å². The maximum Gasteiger partial charge on any atom is 0.243 e. The van der Waals surface area contributed by atoms with Gasteiger partial charge in [0.1, 0.15) is 11.1 Å². The van der Waals surface area contributed by atoms with Crippen LogP contribution in [0.2, 0.25) is 5.02 Å². The van der Waals surface area contributed by atoms with Crippen LogP contribution in [0.25, 0.3) is 0 Å². The van der Waals surface area contributed by atoms with Gasteiger partial charge in [0.15, 0.2) is 0 Å². The van der Waals surface area contributed by atoms with Crippen molar-refractivity contribution < 1.29 is 13.2 Å². The summed E-state index contributed by atoms with van der Waals surface area (Å²) in [6.07, 6.45) is 2.76. The Morgan fingerprint density at radius 3 is 2.60 bits per heavy atom. The third-order valence-corrected chi connectivity index (χ3v) is 6.69. The van der Waals surface area contributed by atoms with Crippen molar-refractivity contribution in [3.63, 3.8) is 0 Å². The molecule has 1 aromatic heterocycles. The number of piperidine rings is 1. The minimum atomic E-state index is -3.48. The maximum absolute atomic E-state index is 12.9. The molecule has 5 nitrogen and oxygen atoms in total. The molecule has 2 heterocycles. The number of ether oxygens (including phenoxy) is 1. The van der Waals surface area contributed by atoms with Gasteiger partial charge in [0.2, 0.25) is 15.9 Å². The lowest BCUT2D eigenvalue weighted by Gasteiger charge is -2.31. The lowest BCUT2D eigenvalue weighted by atomic mass is 10.1. The number of rotatable bonds is 4. The fourth-order valence-corrected chi connectivity index (χ4v) is 4.88. The molecule has 0 atom stereocenters. The number of benzene rings is 1. The average molecular weight is 381 g/mol. The van der Waals surface area contributed by atoms with Crippen LogP contribution in [0.15, 0.2) is 41.4 Å². The van der Waals surface area contributed by atoms with Gasteiger partial charge in [-0.05, 0) is 56.0 Å². The van der Waals surface area contributed by atoms with Crippen molar-refractivity contribution in [3.8, 4) is 5.88 Å². The van der Waals surface area contributed by atoms with E-state index in [1.165, 1.54) is 4.31 Å². The fourth-order valence-electron chi connectivity index (χ4n) is 2.93. The van der Waals surface area contributed by atoms with Crippen molar-refractivity contribution in [1.82, 2.24) is 9.29 Å². The zero-order chi connectivity index (χ0) is 18.0. The number of aromatic nitrogens is 1. The monoisotopic (exact) mass is 380 g/mol. The minimum absolute atomic E-state index is 0.0857. The van der Waals surface area contributed by atoms with Crippen molar-refractivity contribution in [3.05, 3.63) is 52.7 Å². The Morgan fingerprint density at radius 1 is 1.20 bits per heavy atom. The average Bonchev–Trinajstić information content (AvgIpc) is 2.59. The van der Waals surface area contributed by atoms with E-state index in [1.807, 2.05) is 26.0 Å². The maximum atomic E-state index is 12.9. The normalized spacial score (nSPS) is 16.8. The van der Waals surface area contributed by atoms with Crippen LogP contribution in [0.4, 0.5) is 0 Å². The van der Waals surface area contributed by atoms with Crippen molar-refractivity contribution >= 4 is 21.6 Å². The number of hydrogen-bond acceptors (Lipinski definition) is 4. The van der Waals surface area contributed by atoms with Crippen molar-refractivity contribution in [2.75, 3.05) is 13.1 Å². The van der Waals surface area contributed by atoms with Crippen LogP contribution in [0.3, 0.4) is 0 Å². The molecule has 0 spiro atoms. The van der Waals surface area contributed by atoms with Gasteiger partial charge < -0.3 is 4.74 Å². The van der Waals surface area contributed by atoms with Crippen molar-refractivity contribution in [2.45, 2.75) is 37.7 Å². The summed E-state index contributed by atoms with van der Waals surface area (Å²) in [5.74, 6) is 0.403. The summed E-state index contributed by atoms with van der Waals surface area (Å²) in [6, 6.07) is 8.98. The first-order valence-electron chi connectivity index (χ1n) is 8.22. The van der Waals surface area contributed by atoms with E-state index in [0.29, 0.717) is 41.7 Å². The Hall–Kier alpha value is -1.63. The highest BCUT2D eigenvalue weighted by atomic mass is 35.5. The van der Waals surface area contributed by atoms with E-state index in [9.17, 15) is 8.42 Å². The molecular formula is C18H21ClN2O3S. The molecule has 1 saturated heterocycles. The number of pyridine rings is 1. The van der Waals surface area contributed by atoms with Crippen LogP contribution in [0.5, 0.6) is 5.88 Å². The summed E-state index contributed by atoms with van der Waals surface area (Å²) in [6.45, 7) is 4.57. The molecule has 2 aromatic rings. The van der Waals surface area contributed by atoms with E-state index in [4.69, 9.17) is 16.3 Å². The highest BCUT2D eigenvalue weighted by Crippen LogP contribution is 2.27. The molecule has 7 heteroatoms. The third kappa shape index (κ3) is 3.97. The number of sulfonamides is 1. The van der Waals surface area contributed by atoms with Gasteiger partial charge in [-0.25, -0.2) is 13.4 Å². The summed E-state index contributed by atoms with van der Waals surface area (Å²) in [7, 11) is -3.48. The van der Waals surface area contributed by atoms with Gasteiger partial charge in [0.05, 0.1) is 4.90 Å². The number of aryl methyl sites for hydroxylation is 2. The molecule has 3 rings (SSSR count). The Morgan fingerprint density at radius 2 is 1.92 bits per heavy atom. The lowest BCUT2D eigenvalue weighted by molar-refractivity contribution is 0.130. The van der Waals surface area contributed by atoms with Gasteiger partial charge in [0, 0.05) is 19.3 Å². The van der Waals surface area contributed by atoms with Crippen LogP contribution in [-0.2, 0) is 10.0 Å². The summed E-state index contributed by atoms with van der Waals surface area (Å²) in [5.41, 5.74) is 1.71. The van der Waals surface area contributed by atoms with Crippen molar-refractivity contribution in [1.29, 1.82) is 0 Å². The predicted molar refractivity (Wildman–Crippen MR) is 97.6 cm³/mol. The molecular weight excluding hydrogens is 360 g/mol. The topological polar surface area (TPSA) is 59.5 Å². The highest BCUT2D eigenvalue weighted by molar-refractivity contribution is 7.89. The Balaban J connectivity index is 1.69. The van der Waals surface area contributed by atoms with Gasteiger partial charge in [0.25, 0.3) is 0 Å². The Labute approximate surface area is 153 Å². The molecule has 1 aliphatic heterocycles. The summed E-state index contributed by atoms with van der Waals surface area (Å²) in [4.78, 5) is 4.51. The molecule has 0 unspecified atom stereocenters. The number of hydrogen-bond donors (Lipinski definition) is 0. The molecule has 134 valence electrons. The summed E-state index contributed by atoms with van der Waals surface area (Å²) < 4.78 is 33.2. The van der Waals surface area contributed by atoms with E-state index in [2.05, 4.69) is 4.98 Å². The molecule has 0 radical (unpaired) electrons. The van der Waals surface area contributed by atoms with Gasteiger partial charge in [-0.1, -0.05) is 23.7 Å².